The minimum Gasteiger partial charge on any atom is -0.506 e. The minimum atomic E-state index is -0.983. The molecule has 0 fully saturated rings. The third kappa shape index (κ3) is 5.32. The molecule has 23 heavy (non-hydrogen) atoms. The van der Waals surface area contributed by atoms with Crippen LogP contribution in [0.5, 0.6) is 17.2 Å². The van der Waals surface area contributed by atoms with Gasteiger partial charge in [0.25, 0.3) is 0 Å². The summed E-state index contributed by atoms with van der Waals surface area (Å²) in [5.41, 5.74) is 0.795. The summed E-state index contributed by atoms with van der Waals surface area (Å²) in [6.45, 7) is 0. The average Bonchev–Trinajstić information content (AvgIpc) is 2.46. The third-order valence-electron chi connectivity index (χ3n) is 2.65. The van der Waals surface area contributed by atoms with Crippen LogP contribution in [0.4, 0.5) is 0 Å². The lowest BCUT2D eigenvalue weighted by Crippen LogP contribution is -1.94. The molecule has 0 spiro atoms. The molecule has 0 amide bonds. The Bertz CT molecular complexity index is 756. The number of aromatic hydroxyl groups is 1. The first kappa shape index (κ1) is 19.5. The van der Waals surface area contributed by atoms with E-state index in [1.54, 1.807) is 18.2 Å². The van der Waals surface area contributed by atoms with E-state index < -0.39 is 5.97 Å². The molecule has 2 aromatic carbocycles. The number of phenols is 1. The molecule has 0 radical (unpaired) electrons. The van der Waals surface area contributed by atoms with Crippen molar-refractivity contribution in [3.05, 3.63) is 50.2 Å². The van der Waals surface area contributed by atoms with E-state index >= 15 is 0 Å². The largest absolute Gasteiger partial charge is 0.506 e. The maximum atomic E-state index is 10.6. The number of aliphatic carboxylic acids is 1. The van der Waals surface area contributed by atoms with Crippen LogP contribution in [-0.4, -0.2) is 16.2 Å². The maximum Gasteiger partial charge on any atom is 0.328 e. The number of ether oxygens (including phenoxy) is 1. The fourth-order valence-electron chi connectivity index (χ4n) is 1.66. The minimum absolute atomic E-state index is 0.247. The van der Waals surface area contributed by atoms with Crippen molar-refractivity contribution in [1.82, 2.24) is 0 Å². The van der Waals surface area contributed by atoms with Gasteiger partial charge in [0, 0.05) is 6.08 Å². The van der Waals surface area contributed by atoms with Crippen LogP contribution in [0.15, 0.2) is 30.3 Å². The number of carboxylic acid groups (broad SMARTS) is 1. The van der Waals surface area contributed by atoms with Crippen LogP contribution in [-0.2, 0) is 4.79 Å². The first-order valence-electron chi connectivity index (χ1n) is 6.04. The molecule has 4 nitrogen and oxygen atoms in total. The van der Waals surface area contributed by atoms with Gasteiger partial charge in [-0.15, -0.1) is 0 Å². The van der Waals surface area contributed by atoms with Crippen molar-refractivity contribution in [1.29, 1.82) is 0 Å². The number of hydrogen-bond acceptors (Lipinski definition) is 3. The molecule has 0 aliphatic rings. The fourth-order valence-corrected chi connectivity index (χ4v) is 5.41. The number of phenolic OH excluding ortho intramolecular Hbond substituents is 1. The molecule has 8 heteroatoms. The molecule has 0 aliphatic heterocycles. The van der Waals surface area contributed by atoms with E-state index in [1.165, 1.54) is 0 Å². The van der Waals surface area contributed by atoms with Crippen LogP contribution in [0, 0.1) is 14.3 Å². The van der Waals surface area contributed by atoms with Crippen LogP contribution >= 0.6 is 90.4 Å². The summed E-state index contributed by atoms with van der Waals surface area (Å²) in [6.07, 6.45) is 2.65. The normalized spacial score (nSPS) is 11.0. The molecule has 0 aromatic heterocycles. The van der Waals surface area contributed by atoms with Crippen LogP contribution in [0.25, 0.3) is 6.08 Å². The lowest BCUT2D eigenvalue weighted by atomic mass is 10.2. The molecule has 2 aromatic rings. The zero-order valence-corrected chi connectivity index (χ0v) is 19.8. The van der Waals surface area contributed by atoms with E-state index in [1.807, 2.05) is 12.1 Å². The number of hydrogen-bond donors (Lipinski definition) is 2. The second kappa shape index (κ2) is 8.51. The van der Waals surface area contributed by atoms with E-state index in [0.29, 0.717) is 11.5 Å². The Labute approximate surface area is 187 Å². The van der Waals surface area contributed by atoms with Crippen molar-refractivity contribution < 1.29 is 19.7 Å². The van der Waals surface area contributed by atoms with Crippen molar-refractivity contribution >= 4 is 102 Å². The van der Waals surface area contributed by atoms with Crippen molar-refractivity contribution in [2.24, 2.45) is 0 Å². The Balaban J connectivity index is 2.36. The van der Waals surface area contributed by atoms with Gasteiger partial charge in [-0.05, 0) is 126 Å². The molecular weight excluding hydrogens is 752 g/mol. The standard InChI is InChI=1S/C15H8I4O4/c16-9-5-8(6-10(17)14(9)22)23-15-11(18)3-7(4-12(15)19)1-2-13(20)21/h1-6,22H,(H,20,21)/b2-1+. The van der Waals surface area contributed by atoms with Gasteiger partial charge in [0.1, 0.15) is 11.5 Å². The summed E-state index contributed by atoms with van der Waals surface area (Å²) in [6, 6.07) is 7.24. The van der Waals surface area contributed by atoms with Gasteiger partial charge in [0.15, 0.2) is 5.75 Å². The second-order valence-electron chi connectivity index (χ2n) is 4.32. The van der Waals surface area contributed by atoms with Crippen LogP contribution in [0.3, 0.4) is 0 Å². The van der Waals surface area contributed by atoms with Gasteiger partial charge in [0.05, 0.1) is 14.3 Å². The van der Waals surface area contributed by atoms with Gasteiger partial charge in [-0.3, -0.25) is 0 Å². The third-order valence-corrected chi connectivity index (χ3v) is 5.90. The number of halogens is 4. The fraction of sp³-hybridized carbons (Fsp3) is 0. The average molecular weight is 760 g/mol. The highest BCUT2D eigenvalue weighted by atomic mass is 127. The molecular formula is C15H8I4O4. The quantitative estimate of drug-likeness (QED) is 0.311. The van der Waals surface area contributed by atoms with Gasteiger partial charge in [-0.25, -0.2) is 4.79 Å². The Morgan fingerprint density at radius 3 is 1.96 bits per heavy atom. The molecule has 2 rings (SSSR count). The smallest absolute Gasteiger partial charge is 0.328 e. The zero-order chi connectivity index (χ0) is 17.1. The van der Waals surface area contributed by atoms with Gasteiger partial charge in [-0.1, -0.05) is 0 Å². The highest BCUT2D eigenvalue weighted by Crippen LogP contribution is 2.36. The lowest BCUT2D eigenvalue weighted by Gasteiger charge is -2.12. The summed E-state index contributed by atoms with van der Waals surface area (Å²) in [4.78, 5) is 10.6. The highest BCUT2D eigenvalue weighted by molar-refractivity contribution is 14.1. The summed E-state index contributed by atoms with van der Waals surface area (Å²) in [7, 11) is 0. The Morgan fingerprint density at radius 2 is 1.48 bits per heavy atom. The zero-order valence-electron chi connectivity index (χ0n) is 11.2. The van der Waals surface area contributed by atoms with E-state index in [-0.39, 0.29) is 5.75 Å². The summed E-state index contributed by atoms with van der Waals surface area (Å²) in [5, 5.41) is 18.5. The molecule has 0 saturated heterocycles. The first-order chi connectivity index (χ1) is 10.8. The molecule has 2 N–H and O–H groups in total. The number of rotatable bonds is 4. The highest BCUT2D eigenvalue weighted by Gasteiger charge is 2.12. The summed E-state index contributed by atoms with van der Waals surface area (Å²) < 4.78 is 9.14. The number of carboxylic acids is 1. The van der Waals surface area contributed by atoms with Crippen molar-refractivity contribution in [3.8, 4) is 17.2 Å². The number of carbonyl (C=O) groups is 1. The molecule has 0 atom stereocenters. The maximum absolute atomic E-state index is 10.6. The van der Waals surface area contributed by atoms with Crippen LogP contribution in [0.1, 0.15) is 5.56 Å². The predicted molar refractivity (Wildman–Crippen MR) is 122 cm³/mol. The van der Waals surface area contributed by atoms with E-state index in [9.17, 15) is 9.90 Å². The molecule has 0 unspecified atom stereocenters. The van der Waals surface area contributed by atoms with Gasteiger partial charge >= 0.3 is 5.97 Å². The van der Waals surface area contributed by atoms with E-state index in [2.05, 4.69) is 90.4 Å². The molecule has 0 bridgehead atoms. The molecule has 120 valence electrons. The predicted octanol–water partition coefficient (Wildman–Crippen LogP) is 5.70. The second-order valence-corrected chi connectivity index (χ2v) is 8.97. The first-order valence-corrected chi connectivity index (χ1v) is 10.4. The van der Waals surface area contributed by atoms with E-state index in [4.69, 9.17) is 9.84 Å². The van der Waals surface area contributed by atoms with Crippen molar-refractivity contribution in [3.63, 3.8) is 0 Å². The topological polar surface area (TPSA) is 66.8 Å². The van der Waals surface area contributed by atoms with E-state index in [0.717, 1.165) is 25.9 Å². The van der Waals surface area contributed by atoms with Gasteiger partial charge in [0.2, 0.25) is 0 Å². The summed E-state index contributed by atoms with van der Waals surface area (Å²) >= 11 is 8.42. The Kier molecular flexibility index (Phi) is 7.21. The van der Waals surface area contributed by atoms with Crippen LogP contribution < -0.4 is 4.74 Å². The van der Waals surface area contributed by atoms with Gasteiger partial charge < -0.3 is 14.9 Å². The summed E-state index contributed by atoms with van der Waals surface area (Å²) in [5.74, 6) is 0.609. The monoisotopic (exact) mass is 760 g/mol. The SMILES string of the molecule is O=C(O)/C=C/c1cc(I)c(Oc2cc(I)c(O)c(I)c2)c(I)c1. The Morgan fingerprint density at radius 1 is 0.957 bits per heavy atom. The lowest BCUT2D eigenvalue weighted by molar-refractivity contribution is -0.131. The van der Waals surface area contributed by atoms with Crippen molar-refractivity contribution in [2.75, 3.05) is 0 Å². The Hall–Kier alpha value is 0.170. The molecule has 0 heterocycles. The van der Waals surface area contributed by atoms with Crippen molar-refractivity contribution in [2.45, 2.75) is 0 Å². The number of benzene rings is 2. The molecule has 0 aliphatic carbocycles. The molecule has 0 saturated carbocycles. The van der Waals surface area contributed by atoms with Gasteiger partial charge in [-0.2, -0.15) is 0 Å². The van der Waals surface area contributed by atoms with Crippen LogP contribution in [0.2, 0.25) is 0 Å².